The lowest BCUT2D eigenvalue weighted by Crippen LogP contribution is -2.55. The van der Waals surface area contributed by atoms with E-state index < -0.39 is 0 Å². The van der Waals surface area contributed by atoms with E-state index in [-0.39, 0.29) is 5.54 Å². The van der Waals surface area contributed by atoms with Gasteiger partial charge in [0.25, 0.3) is 0 Å². The topological polar surface area (TPSA) is 29.1 Å². The van der Waals surface area contributed by atoms with E-state index in [1.807, 2.05) is 0 Å². The molecular weight excluding hydrogens is 114 g/mol. The third kappa shape index (κ3) is 0.568. The van der Waals surface area contributed by atoms with E-state index in [1.165, 1.54) is 6.42 Å². The van der Waals surface area contributed by atoms with Gasteiger partial charge in [-0.2, -0.15) is 0 Å². The zero-order valence-corrected chi connectivity index (χ0v) is 5.44. The third-order valence-corrected chi connectivity index (χ3v) is 2.56. The Bertz CT molecular complexity index is 147. The second-order valence-corrected chi connectivity index (χ2v) is 3.04. The minimum Gasteiger partial charge on any atom is -0.305 e. The second kappa shape index (κ2) is 1.57. The van der Waals surface area contributed by atoms with Gasteiger partial charge in [-0.25, -0.2) is 0 Å². The van der Waals surface area contributed by atoms with Crippen LogP contribution < -0.4 is 5.32 Å². The van der Waals surface area contributed by atoms with Crippen LogP contribution in [0.5, 0.6) is 0 Å². The fourth-order valence-electron chi connectivity index (χ4n) is 1.79. The van der Waals surface area contributed by atoms with E-state index in [9.17, 15) is 4.79 Å². The molecule has 0 bridgehead atoms. The smallest absolute Gasteiger partial charge is 0.152 e. The number of carbonyl (C=O) groups excluding carboxylic acids is 1. The van der Waals surface area contributed by atoms with Crippen LogP contribution in [-0.2, 0) is 4.79 Å². The normalized spacial score (nSPS) is 41.6. The van der Waals surface area contributed by atoms with Crippen molar-refractivity contribution < 1.29 is 4.79 Å². The lowest BCUT2D eigenvalue weighted by molar-refractivity contribution is -0.132. The van der Waals surface area contributed by atoms with Gasteiger partial charge in [0.1, 0.15) is 0 Å². The SMILES string of the molecule is O=C1CCC12CCCN2. The molecule has 0 aromatic rings. The van der Waals surface area contributed by atoms with Gasteiger partial charge in [-0.1, -0.05) is 0 Å². The van der Waals surface area contributed by atoms with Crippen LogP contribution in [0.1, 0.15) is 25.7 Å². The average Bonchev–Trinajstić information content (AvgIpc) is 2.34. The molecule has 1 N–H and O–H groups in total. The fraction of sp³-hybridized carbons (Fsp3) is 0.857. The summed E-state index contributed by atoms with van der Waals surface area (Å²) in [6.45, 7) is 1.05. The second-order valence-electron chi connectivity index (χ2n) is 3.04. The lowest BCUT2D eigenvalue weighted by atomic mass is 9.74. The summed E-state index contributed by atoms with van der Waals surface area (Å²) in [5, 5.41) is 3.27. The molecule has 1 saturated carbocycles. The molecule has 2 aliphatic rings. The maximum atomic E-state index is 11.0. The Morgan fingerprint density at radius 1 is 1.44 bits per heavy atom. The molecular formula is C7H11NO. The van der Waals surface area contributed by atoms with Crippen molar-refractivity contribution in [3.05, 3.63) is 0 Å². The zero-order chi connectivity index (χ0) is 6.32. The molecule has 1 atom stereocenters. The van der Waals surface area contributed by atoms with E-state index >= 15 is 0 Å². The fourth-order valence-corrected chi connectivity index (χ4v) is 1.79. The highest BCUT2D eigenvalue weighted by molar-refractivity contribution is 5.94. The molecule has 0 aromatic heterocycles. The average molecular weight is 125 g/mol. The molecule has 9 heavy (non-hydrogen) atoms. The largest absolute Gasteiger partial charge is 0.305 e. The Kier molecular flexibility index (Phi) is 0.943. The van der Waals surface area contributed by atoms with Gasteiger partial charge in [-0.3, -0.25) is 4.79 Å². The molecule has 1 aliphatic carbocycles. The number of hydrogen-bond donors (Lipinski definition) is 1. The summed E-state index contributed by atoms with van der Waals surface area (Å²) in [6, 6.07) is 0. The third-order valence-electron chi connectivity index (χ3n) is 2.56. The van der Waals surface area contributed by atoms with Crippen LogP contribution >= 0.6 is 0 Å². The van der Waals surface area contributed by atoms with E-state index in [2.05, 4.69) is 5.32 Å². The highest BCUT2D eigenvalue weighted by atomic mass is 16.1. The highest BCUT2D eigenvalue weighted by Crippen LogP contribution is 2.35. The summed E-state index contributed by atoms with van der Waals surface area (Å²) in [5.41, 5.74) is -0.0139. The standard InChI is InChI=1S/C7H11NO/c9-6-2-4-7(6)3-1-5-8-7/h8H,1-5H2. The Morgan fingerprint density at radius 2 is 2.33 bits per heavy atom. The lowest BCUT2D eigenvalue weighted by Gasteiger charge is -2.36. The monoisotopic (exact) mass is 125 g/mol. The number of nitrogens with one attached hydrogen (secondary N) is 1. The minimum absolute atomic E-state index is 0.0139. The summed E-state index contributed by atoms with van der Waals surface area (Å²) >= 11 is 0. The molecule has 50 valence electrons. The molecule has 1 heterocycles. The summed E-state index contributed by atoms with van der Waals surface area (Å²) in [4.78, 5) is 11.0. The van der Waals surface area contributed by atoms with Crippen LogP contribution in [0, 0.1) is 0 Å². The van der Waals surface area contributed by atoms with Crippen molar-refractivity contribution in [1.82, 2.24) is 5.32 Å². The van der Waals surface area contributed by atoms with E-state index in [0.717, 1.165) is 25.8 Å². The molecule has 2 rings (SSSR count). The molecule has 2 fully saturated rings. The van der Waals surface area contributed by atoms with Gasteiger partial charge >= 0.3 is 0 Å². The van der Waals surface area contributed by atoms with Crippen LogP contribution in [0.25, 0.3) is 0 Å². The van der Waals surface area contributed by atoms with Crippen LogP contribution in [-0.4, -0.2) is 17.9 Å². The van der Waals surface area contributed by atoms with Gasteiger partial charge in [-0.15, -0.1) is 0 Å². The van der Waals surface area contributed by atoms with Crippen molar-refractivity contribution in [3.63, 3.8) is 0 Å². The number of Topliss-reactive ketones (excluding diaryl/α,β-unsaturated/α-hetero) is 1. The van der Waals surface area contributed by atoms with Crippen molar-refractivity contribution in [1.29, 1.82) is 0 Å². The first-order chi connectivity index (χ1) is 4.33. The van der Waals surface area contributed by atoms with E-state index in [0.29, 0.717) is 5.78 Å². The summed E-state index contributed by atoms with van der Waals surface area (Å²) in [7, 11) is 0. The summed E-state index contributed by atoms with van der Waals surface area (Å²) < 4.78 is 0. The molecule has 0 aromatic carbocycles. The number of carbonyl (C=O) groups is 1. The van der Waals surface area contributed by atoms with Gasteiger partial charge in [0, 0.05) is 6.42 Å². The van der Waals surface area contributed by atoms with Crippen molar-refractivity contribution in [2.24, 2.45) is 0 Å². The van der Waals surface area contributed by atoms with Gasteiger partial charge in [0.2, 0.25) is 0 Å². The Labute approximate surface area is 54.6 Å². The number of rotatable bonds is 0. The maximum absolute atomic E-state index is 11.0. The van der Waals surface area contributed by atoms with Crippen molar-refractivity contribution in [2.75, 3.05) is 6.54 Å². The maximum Gasteiger partial charge on any atom is 0.152 e. The Hall–Kier alpha value is -0.370. The van der Waals surface area contributed by atoms with Gasteiger partial charge < -0.3 is 5.32 Å². The minimum atomic E-state index is -0.0139. The zero-order valence-electron chi connectivity index (χ0n) is 5.44. The molecule has 1 spiro atoms. The van der Waals surface area contributed by atoms with Crippen molar-refractivity contribution in [2.45, 2.75) is 31.2 Å². The number of hydrogen-bond acceptors (Lipinski definition) is 2. The predicted molar refractivity (Wildman–Crippen MR) is 34.2 cm³/mol. The first kappa shape index (κ1) is 5.42. The van der Waals surface area contributed by atoms with Gasteiger partial charge in [0.15, 0.2) is 5.78 Å². The number of ketones is 1. The van der Waals surface area contributed by atoms with E-state index in [1.54, 1.807) is 0 Å². The molecule has 1 saturated heterocycles. The molecule has 1 unspecified atom stereocenters. The molecule has 0 radical (unpaired) electrons. The first-order valence-corrected chi connectivity index (χ1v) is 3.62. The van der Waals surface area contributed by atoms with Gasteiger partial charge in [0.05, 0.1) is 5.54 Å². The first-order valence-electron chi connectivity index (χ1n) is 3.62. The highest BCUT2D eigenvalue weighted by Gasteiger charge is 2.47. The van der Waals surface area contributed by atoms with Crippen molar-refractivity contribution in [3.8, 4) is 0 Å². The van der Waals surface area contributed by atoms with Gasteiger partial charge in [-0.05, 0) is 25.8 Å². The van der Waals surface area contributed by atoms with Crippen LogP contribution in [0.4, 0.5) is 0 Å². The molecule has 1 aliphatic heterocycles. The predicted octanol–water partition coefficient (Wildman–Crippen LogP) is 0.471. The summed E-state index contributed by atoms with van der Waals surface area (Å²) in [5.74, 6) is 0.444. The Balaban J connectivity index is 2.14. The van der Waals surface area contributed by atoms with Crippen LogP contribution in [0.2, 0.25) is 0 Å². The van der Waals surface area contributed by atoms with E-state index in [4.69, 9.17) is 0 Å². The molecule has 2 nitrogen and oxygen atoms in total. The van der Waals surface area contributed by atoms with Crippen molar-refractivity contribution >= 4 is 5.78 Å². The molecule has 0 amide bonds. The Morgan fingerprint density at radius 3 is 2.56 bits per heavy atom. The van der Waals surface area contributed by atoms with Crippen LogP contribution in [0.15, 0.2) is 0 Å². The summed E-state index contributed by atoms with van der Waals surface area (Å²) in [6.07, 6.45) is 4.18. The molecule has 2 heteroatoms. The van der Waals surface area contributed by atoms with Crippen LogP contribution in [0.3, 0.4) is 0 Å². The quantitative estimate of drug-likeness (QED) is 0.510.